The third-order valence-corrected chi connectivity index (χ3v) is 6.72. The fraction of sp³-hybridized carbons (Fsp3) is 0.636. The average molecular weight is 323 g/mol. The molecule has 128 valence electrons. The maximum Gasteiger partial charge on any atom is 0.156 e. The van der Waals surface area contributed by atoms with E-state index in [0.717, 1.165) is 50.4 Å². The largest absolute Gasteiger partial charge is 0.373 e. The Hall–Kier alpha value is -1.30. The number of piperidine rings is 1. The van der Waals surface area contributed by atoms with Gasteiger partial charge in [0.2, 0.25) is 0 Å². The summed E-state index contributed by atoms with van der Waals surface area (Å²) in [5.41, 5.74) is 0.00198. The number of hydrogen-bond acceptors (Lipinski definition) is 2. The summed E-state index contributed by atoms with van der Waals surface area (Å²) in [7, 11) is 0. The summed E-state index contributed by atoms with van der Waals surface area (Å²) >= 11 is 0. The smallest absolute Gasteiger partial charge is 0.156 e. The van der Waals surface area contributed by atoms with Crippen LogP contribution < -0.4 is 0 Å². The summed E-state index contributed by atoms with van der Waals surface area (Å²) in [6.45, 7) is 3.12. The van der Waals surface area contributed by atoms with Crippen molar-refractivity contribution in [1.82, 2.24) is 4.90 Å². The Kier molecular flexibility index (Phi) is 4.41. The Balaban J connectivity index is 1.62. The van der Waals surface area contributed by atoms with Crippen LogP contribution in [0.1, 0.15) is 56.9 Å². The number of nitrogens with zero attached hydrogens (tertiary/aromatic N) is 1. The number of hydrogen-bond donors (Lipinski definition) is 1. The van der Waals surface area contributed by atoms with Crippen molar-refractivity contribution in [1.29, 1.82) is 0 Å². The summed E-state index contributed by atoms with van der Waals surface area (Å²) in [4.78, 5) is 2.44. The van der Waals surface area contributed by atoms with E-state index in [4.69, 9.17) is 0 Å². The minimum absolute atomic E-state index is 0.0199. The van der Waals surface area contributed by atoms with Crippen LogP contribution in [0.15, 0.2) is 30.3 Å². The fourth-order valence-corrected chi connectivity index (χ4v) is 5.29. The Morgan fingerprint density at radius 3 is 2.42 bits per heavy atom. The predicted molar refractivity (Wildman–Crippen MR) is 97.4 cm³/mol. The highest BCUT2D eigenvalue weighted by molar-refractivity contribution is 5.37. The van der Waals surface area contributed by atoms with E-state index in [1.54, 1.807) is 0 Å². The maximum absolute atomic E-state index is 11.8. The molecule has 1 N–H and O–H groups in total. The minimum Gasteiger partial charge on any atom is -0.373 e. The lowest BCUT2D eigenvalue weighted by Crippen LogP contribution is -2.42. The van der Waals surface area contributed by atoms with Gasteiger partial charge in [-0.1, -0.05) is 48.6 Å². The van der Waals surface area contributed by atoms with Crippen molar-refractivity contribution in [3.63, 3.8) is 0 Å². The van der Waals surface area contributed by atoms with Gasteiger partial charge in [-0.3, -0.25) is 4.90 Å². The van der Waals surface area contributed by atoms with E-state index in [0.29, 0.717) is 0 Å². The van der Waals surface area contributed by atoms with Crippen molar-refractivity contribution in [2.45, 2.75) is 57.0 Å². The summed E-state index contributed by atoms with van der Waals surface area (Å²) in [5, 5.41) is 11.8. The average Bonchev–Trinajstić information content (AvgIpc) is 3.26. The number of likely N-dealkylation sites (tertiary alicyclic amines) is 1. The molecule has 1 aromatic carbocycles. The molecule has 4 rings (SSSR count). The highest BCUT2D eigenvalue weighted by Crippen LogP contribution is 2.62. The van der Waals surface area contributed by atoms with E-state index < -0.39 is 5.60 Å². The second-order valence-electron chi connectivity index (χ2n) is 8.14. The molecule has 3 fully saturated rings. The number of fused-ring (bicyclic) bond motifs is 2. The van der Waals surface area contributed by atoms with Crippen LogP contribution in [-0.2, 0) is 5.60 Å². The molecule has 24 heavy (non-hydrogen) atoms. The van der Waals surface area contributed by atoms with Crippen LogP contribution >= 0.6 is 0 Å². The molecule has 0 aromatic heterocycles. The predicted octanol–water partition coefficient (Wildman–Crippen LogP) is 3.94. The molecular weight excluding hydrogens is 294 g/mol. The first-order valence-corrected chi connectivity index (χ1v) is 9.72. The standard InChI is InChI=1S/C22H29NO/c24-22(20-8-3-1-4-9-20,21-13-10-19(18-21)11-14-21)12-7-17-23-15-5-2-6-16-23/h1,3-4,8-9,19,24H,2,5-6,10-11,13-18H2/t19?,21?,22-/m1/s1. The van der Waals surface area contributed by atoms with Crippen LogP contribution in [0.2, 0.25) is 0 Å². The Morgan fingerprint density at radius 2 is 1.79 bits per heavy atom. The molecule has 0 amide bonds. The minimum atomic E-state index is -0.977. The SMILES string of the molecule is O[C@](C#CCN1CCCCC1)(c1ccccc1)C12CCC(CC1)C2. The molecule has 2 bridgehead atoms. The van der Waals surface area contributed by atoms with Gasteiger partial charge in [0.15, 0.2) is 5.60 Å². The van der Waals surface area contributed by atoms with Crippen LogP contribution in [0.3, 0.4) is 0 Å². The van der Waals surface area contributed by atoms with Crippen LogP contribution in [0.25, 0.3) is 0 Å². The van der Waals surface area contributed by atoms with E-state index in [-0.39, 0.29) is 5.41 Å². The lowest BCUT2D eigenvalue weighted by molar-refractivity contribution is -0.0370. The molecule has 0 spiro atoms. The quantitative estimate of drug-likeness (QED) is 0.852. The second-order valence-corrected chi connectivity index (χ2v) is 8.14. The Labute approximate surface area is 146 Å². The Morgan fingerprint density at radius 1 is 1.08 bits per heavy atom. The highest BCUT2D eigenvalue weighted by atomic mass is 16.3. The van der Waals surface area contributed by atoms with Gasteiger partial charge in [-0.15, -0.1) is 0 Å². The lowest BCUT2D eigenvalue weighted by Gasteiger charge is -2.41. The number of aliphatic hydroxyl groups is 1. The van der Waals surface area contributed by atoms with Crippen LogP contribution in [0, 0.1) is 23.2 Å². The normalized spacial score (nSPS) is 32.1. The van der Waals surface area contributed by atoms with Gasteiger partial charge in [-0.25, -0.2) is 0 Å². The van der Waals surface area contributed by atoms with Gasteiger partial charge in [-0.05, 0) is 69.5 Å². The molecule has 1 aromatic rings. The highest BCUT2D eigenvalue weighted by Gasteiger charge is 2.57. The van der Waals surface area contributed by atoms with Crippen molar-refractivity contribution in [2.75, 3.05) is 19.6 Å². The van der Waals surface area contributed by atoms with Gasteiger partial charge in [0.1, 0.15) is 0 Å². The topological polar surface area (TPSA) is 23.5 Å². The molecule has 3 aliphatic rings. The van der Waals surface area contributed by atoms with E-state index in [9.17, 15) is 5.11 Å². The van der Waals surface area contributed by atoms with E-state index in [1.165, 1.54) is 32.1 Å². The molecule has 1 atom stereocenters. The van der Waals surface area contributed by atoms with E-state index in [2.05, 4.69) is 28.9 Å². The molecule has 2 aliphatic carbocycles. The first-order chi connectivity index (χ1) is 11.7. The van der Waals surface area contributed by atoms with Gasteiger partial charge in [0.25, 0.3) is 0 Å². The van der Waals surface area contributed by atoms with Crippen molar-refractivity contribution in [2.24, 2.45) is 11.3 Å². The molecule has 1 saturated heterocycles. The first-order valence-electron chi connectivity index (χ1n) is 9.72. The van der Waals surface area contributed by atoms with Gasteiger partial charge >= 0.3 is 0 Å². The van der Waals surface area contributed by atoms with Gasteiger partial charge < -0.3 is 5.11 Å². The third kappa shape index (κ3) is 2.79. The van der Waals surface area contributed by atoms with Crippen molar-refractivity contribution in [3.05, 3.63) is 35.9 Å². The third-order valence-electron chi connectivity index (χ3n) is 6.72. The van der Waals surface area contributed by atoms with Gasteiger partial charge in [0, 0.05) is 5.41 Å². The van der Waals surface area contributed by atoms with Gasteiger partial charge in [-0.2, -0.15) is 0 Å². The zero-order valence-corrected chi connectivity index (χ0v) is 14.6. The van der Waals surface area contributed by atoms with Crippen molar-refractivity contribution < 1.29 is 5.11 Å². The molecule has 2 nitrogen and oxygen atoms in total. The molecule has 1 aliphatic heterocycles. The Bertz CT molecular complexity index is 614. The molecule has 1 heterocycles. The summed E-state index contributed by atoms with van der Waals surface area (Å²) < 4.78 is 0. The summed E-state index contributed by atoms with van der Waals surface area (Å²) in [5.74, 6) is 7.57. The van der Waals surface area contributed by atoms with Gasteiger partial charge in [0.05, 0.1) is 6.54 Å². The number of rotatable bonds is 3. The van der Waals surface area contributed by atoms with Crippen LogP contribution in [0.4, 0.5) is 0 Å². The van der Waals surface area contributed by atoms with Crippen LogP contribution in [0.5, 0.6) is 0 Å². The van der Waals surface area contributed by atoms with Crippen LogP contribution in [-0.4, -0.2) is 29.6 Å². The molecule has 0 radical (unpaired) electrons. The molecule has 2 saturated carbocycles. The zero-order valence-electron chi connectivity index (χ0n) is 14.6. The van der Waals surface area contributed by atoms with E-state index in [1.807, 2.05) is 18.2 Å². The lowest BCUT2D eigenvalue weighted by atomic mass is 9.66. The first kappa shape index (κ1) is 16.2. The molecular formula is C22H29NO. The molecule has 2 heteroatoms. The summed E-state index contributed by atoms with van der Waals surface area (Å²) in [6, 6.07) is 10.2. The monoisotopic (exact) mass is 323 g/mol. The van der Waals surface area contributed by atoms with Crippen molar-refractivity contribution in [3.8, 4) is 11.8 Å². The summed E-state index contributed by atoms with van der Waals surface area (Å²) in [6.07, 6.45) is 9.86. The maximum atomic E-state index is 11.8. The second kappa shape index (κ2) is 6.54. The van der Waals surface area contributed by atoms with Crippen molar-refractivity contribution >= 4 is 0 Å². The molecule has 0 unspecified atom stereocenters. The fourth-order valence-electron chi connectivity index (χ4n) is 5.29. The van der Waals surface area contributed by atoms with E-state index >= 15 is 0 Å². The number of benzene rings is 1. The zero-order chi connectivity index (χ0) is 16.5.